The zero-order valence-electron chi connectivity index (χ0n) is 20.4. The van der Waals surface area contributed by atoms with Gasteiger partial charge in [-0.05, 0) is 67.9 Å². The van der Waals surface area contributed by atoms with Crippen LogP contribution in [0.25, 0.3) is 11.1 Å². The third-order valence-corrected chi connectivity index (χ3v) is 8.56. The topological polar surface area (TPSA) is 42.2 Å². The molecule has 0 N–H and O–H groups in total. The van der Waals surface area contributed by atoms with Crippen LogP contribution in [0.1, 0.15) is 70.3 Å². The first-order chi connectivity index (χ1) is 15.5. The van der Waals surface area contributed by atoms with Crippen LogP contribution in [0.5, 0.6) is 5.75 Å². The van der Waals surface area contributed by atoms with Gasteiger partial charge >= 0.3 is 0 Å². The van der Waals surface area contributed by atoms with E-state index in [4.69, 9.17) is 14.4 Å². The molecule has 2 aromatic rings. The molecule has 0 unspecified atom stereocenters. The summed E-state index contributed by atoms with van der Waals surface area (Å²) in [5, 5.41) is 8.91. The van der Waals surface area contributed by atoms with Gasteiger partial charge in [0.2, 0.25) is 0 Å². The van der Waals surface area contributed by atoms with Gasteiger partial charge in [-0.1, -0.05) is 75.6 Å². The summed E-state index contributed by atoms with van der Waals surface area (Å²) in [4.78, 5) is 0. The zero-order valence-corrected chi connectivity index (χ0v) is 21.4. The van der Waals surface area contributed by atoms with Crippen molar-refractivity contribution >= 4 is 8.32 Å². The highest BCUT2D eigenvalue weighted by molar-refractivity contribution is 6.71. The maximum Gasteiger partial charge on any atom is 0.186 e. The summed E-state index contributed by atoms with van der Waals surface area (Å²) >= 11 is 0. The Morgan fingerprint density at radius 1 is 0.719 bits per heavy atom. The highest BCUT2D eigenvalue weighted by Gasteiger charge is 2.20. The minimum Gasteiger partial charge on any atom is -0.494 e. The molecule has 2 aromatic carbocycles. The molecule has 0 heterocycles. The molecular weight excluding hydrogens is 410 g/mol. The van der Waals surface area contributed by atoms with Crippen LogP contribution >= 0.6 is 0 Å². The van der Waals surface area contributed by atoms with Gasteiger partial charge in [0.15, 0.2) is 8.32 Å². The van der Waals surface area contributed by atoms with E-state index in [1.54, 1.807) is 0 Å². The van der Waals surface area contributed by atoms with Crippen molar-refractivity contribution in [1.29, 1.82) is 5.26 Å². The van der Waals surface area contributed by atoms with Gasteiger partial charge in [-0.15, -0.1) is 0 Å². The van der Waals surface area contributed by atoms with E-state index in [1.807, 2.05) is 36.4 Å². The molecule has 0 saturated heterocycles. The number of rotatable bonds is 16. The largest absolute Gasteiger partial charge is 0.494 e. The van der Waals surface area contributed by atoms with E-state index in [0.29, 0.717) is 5.56 Å². The Morgan fingerprint density at radius 3 is 1.75 bits per heavy atom. The lowest BCUT2D eigenvalue weighted by Crippen LogP contribution is -2.29. The SMILES string of the molecule is CCO[Si](C)(C)CCCCCCCCCCCOc1ccc(-c2ccc(C#N)cc2)cc1. The molecule has 2 rings (SSSR count). The van der Waals surface area contributed by atoms with Gasteiger partial charge in [0.05, 0.1) is 18.2 Å². The van der Waals surface area contributed by atoms with Crippen LogP contribution in [-0.4, -0.2) is 21.5 Å². The molecule has 0 aliphatic carbocycles. The van der Waals surface area contributed by atoms with Gasteiger partial charge < -0.3 is 9.16 Å². The number of unbranched alkanes of at least 4 members (excludes halogenated alkanes) is 8. The van der Waals surface area contributed by atoms with Gasteiger partial charge in [0.25, 0.3) is 0 Å². The quantitative estimate of drug-likeness (QED) is 0.190. The molecule has 0 bridgehead atoms. The fourth-order valence-corrected chi connectivity index (χ4v) is 6.05. The summed E-state index contributed by atoms with van der Waals surface area (Å²) < 4.78 is 11.8. The average Bonchev–Trinajstić information content (AvgIpc) is 2.80. The second kappa shape index (κ2) is 14.9. The Bertz CT molecular complexity index is 794. The summed E-state index contributed by atoms with van der Waals surface area (Å²) in [6.07, 6.45) is 11.8. The van der Waals surface area contributed by atoms with Crippen LogP contribution in [0.15, 0.2) is 48.5 Å². The Labute approximate surface area is 196 Å². The number of hydrogen-bond donors (Lipinski definition) is 0. The summed E-state index contributed by atoms with van der Waals surface area (Å²) in [5.41, 5.74) is 2.95. The Kier molecular flexibility index (Phi) is 12.2. The monoisotopic (exact) mass is 451 g/mol. The summed E-state index contributed by atoms with van der Waals surface area (Å²) in [7, 11) is -1.37. The molecule has 0 aliphatic rings. The second-order valence-corrected chi connectivity index (χ2v) is 13.5. The molecule has 32 heavy (non-hydrogen) atoms. The Balaban J connectivity index is 1.47. The van der Waals surface area contributed by atoms with Gasteiger partial charge in [-0.25, -0.2) is 0 Å². The van der Waals surface area contributed by atoms with Crippen LogP contribution in [0.2, 0.25) is 19.1 Å². The van der Waals surface area contributed by atoms with E-state index in [0.717, 1.165) is 36.5 Å². The fraction of sp³-hybridized carbons (Fsp3) is 0.536. The van der Waals surface area contributed by atoms with Crippen molar-refractivity contribution in [1.82, 2.24) is 0 Å². The van der Waals surface area contributed by atoms with E-state index in [9.17, 15) is 0 Å². The molecule has 4 heteroatoms. The van der Waals surface area contributed by atoms with E-state index in [2.05, 4.69) is 38.2 Å². The molecule has 0 radical (unpaired) electrons. The average molecular weight is 452 g/mol. The molecule has 174 valence electrons. The van der Waals surface area contributed by atoms with Crippen LogP contribution in [0.3, 0.4) is 0 Å². The highest BCUT2D eigenvalue weighted by atomic mass is 28.4. The van der Waals surface area contributed by atoms with Crippen molar-refractivity contribution in [3.63, 3.8) is 0 Å². The fourth-order valence-electron chi connectivity index (χ4n) is 4.02. The Morgan fingerprint density at radius 2 is 1.22 bits per heavy atom. The third kappa shape index (κ3) is 10.5. The zero-order chi connectivity index (χ0) is 23.1. The molecule has 0 saturated carbocycles. The van der Waals surface area contributed by atoms with E-state index >= 15 is 0 Å². The first-order valence-electron chi connectivity index (χ1n) is 12.4. The van der Waals surface area contributed by atoms with E-state index < -0.39 is 8.32 Å². The minimum absolute atomic E-state index is 0.688. The lowest BCUT2D eigenvalue weighted by Gasteiger charge is -2.21. The van der Waals surface area contributed by atoms with Crippen molar-refractivity contribution in [3.05, 3.63) is 54.1 Å². The predicted octanol–water partition coefficient (Wildman–Crippen LogP) is 8.36. The molecule has 0 spiro atoms. The van der Waals surface area contributed by atoms with Crippen LogP contribution < -0.4 is 4.74 Å². The maximum atomic E-state index is 8.91. The maximum absolute atomic E-state index is 8.91. The number of nitrogens with zero attached hydrogens (tertiary/aromatic N) is 1. The van der Waals surface area contributed by atoms with Crippen molar-refractivity contribution in [3.8, 4) is 22.9 Å². The normalized spacial score (nSPS) is 11.3. The summed E-state index contributed by atoms with van der Waals surface area (Å²) in [6.45, 7) is 8.45. The van der Waals surface area contributed by atoms with Crippen molar-refractivity contribution < 1.29 is 9.16 Å². The van der Waals surface area contributed by atoms with Gasteiger partial charge in [0, 0.05) is 6.61 Å². The minimum atomic E-state index is -1.37. The molecule has 0 fully saturated rings. The second-order valence-electron chi connectivity index (χ2n) is 9.19. The molecule has 3 nitrogen and oxygen atoms in total. The van der Waals surface area contributed by atoms with Crippen molar-refractivity contribution in [2.24, 2.45) is 0 Å². The number of ether oxygens (including phenoxy) is 1. The highest BCUT2D eigenvalue weighted by Crippen LogP contribution is 2.23. The molecule has 0 aliphatic heterocycles. The predicted molar refractivity (Wildman–Crippen MR) is 138 cm³/mol. The van der Waals surface area contributed by atoms with Crippen LogP contribution in [0, 0.1) is 11.3 Å². The van der Waals surface area contributed by atoms with Gasteiger partial charge in [-0.3, -0.25) is 0 Å². The van der Waals surface area contributed by atoms with E-state index in [-0.39, 0.29) is 0 Å². The third-order valence-electron chi connectivity index (χ3n) is 5.93. The lowest BCUT2D eigenvalue weighted by atomic mass is 10.0. The van der Waals surface area contributed by atoms with E-state index in [1.165, 1.54) is 57.4 Å². The molecule has 0 atom stereocenters. The van der Waals surface area contributed by atoms with Crippen LogP contribution in [0.4, 0.5) is 0 Å². The first-order valence-corrected chi connectivity index (χ1v) is 15.5. The van der Waals surface area contributed by atoms with Crippen molar-refractivity contribution in [2.45, 2.75) is 83.8 Å². The first kappa shape index (κ1) is 26.2. The molecule has 0 amide bonds. The smallest absolute Gasteiger partial charge is 0.186 e. The van der Waals surface area contributed by atoms with Crippen molar-refractivity contribution in [2.75, 3.05) is 13.2 Å². The Hall–Kier alpha value is -2.09. The number of benzene rings is 2. The molecular formula is C28H41NO2Si. The molecule has 0 aromatic heterocycles. The van der Waals surface area contributed by atoms with Crippen LogP contribution in [-0.2, 0) is 4.43 Å². The lowest BCUT2D eigenvalue weighted by molar-refractivity contribution is 0.304. The summed E-state index contributed by atoms with van der Waals surface area (Å²) in [5.74, 6) is 0.929. The standard InChI is InChI=1S/C28H41NO2Si/c1-4-31-32(2,3)23-13-11-9-7-5-6-8-10-12-22-30-28-20-18-27(19-21-28)26-16-14-25(24-29)15-17-26/h14-21H,4-13,22-23H2,1-3H3. The number of nitriles is 1. The summed E-state index contributed by atoms with van der Waals surface area (Å²) in [6, 6.07) is 19.4. The van der Waals surface area contributed by atoms with Gasteiger partial charge in [-0.2, -0.15) is 5.26 Å². The number of hydrogen-bond acceptors (Lipinski definition) is 3. The van der Waals surface area contributed by atoms with Gasteiger partial charge in [0.1, 0.15) is 5.75 Å².